The lowest BCUT2D eigenvalue weighted by atomic mass is 10.0. The second-order valence-corrected chi connectivity index (χ2v) is 9.12. The van der Waals surface area contributed by atoms with E-state index in [-0.39, 0.29) is 5.69 Å². The fourth-order valence-corrected chi connectivity index (χ4v) is 4.68. The molecule has 36 heavy (non-hydrogen) atoms. The Bertz CT molecular complexity index is 1640. The summed E-state index contributed by atoms with van der Waals surface area (Å²) in [6, 6.07) is 8.54. The highest BCUT2D eigenvalue weighted by Gasteiger charge is 2.35. The van der Waals surface area contributed by atoms with Gasteiger partial charge in [0.1, 0.15) is 11.4 Å². The summed E-state index contributed by atoms with van der Waals surface area (Å²) in [6.07, 6.45) is -6.01. The second kappa shape index (κ2) is 8.94. The van der Waals surface area contributed by atoms with Crippen LogP contribution in [0.1, 0.15) is 23.7 Å². The Morgan fingerprint density at radius 3 is 2.47 bits per heavy atom. The zero-order valence-corrected chi connectivity index (χ0v) is 20.3. The van der Waals surface area contributed by atoms with Crippen LogP contribution in [0.3, 0.4) is 0 Å². The summed E-state index contributed by atoms with van der Waals surface area (Å²) in [5, 5.41) is 9.83. The number of nitrogens with zero attached hydrogens (tertiary/aromatic N) is 3. The van der Waals surface area contributed by atoms with Crippen LogP contribution in [-0.4, -0.2) is 30.7 Å². The summed E-state index contributed by atoms with van der Waals surface area (Å²) in [4.78, 5) is 36.7. The third kappa shape index (κ3) is 4.39. The van der Waals surface area contributed by atoms with Gasteiger partial charge in [0, 0.05) is 24.1 Å². The molecule has 0 fully saturated rings. The van der Waals surface area contributed by atoms with Gasteiger partial charge in [-0.2, -0.15) is 17.5 Å². The molecule has 0 radical (unpaired) electrons. The van der Waals surface area contributed by atoms with Crippen LogP contribution in [0.4, 0.5) is 13.2 Å². The van der Waals surface area contributed by atoms with Gasteiger partial charge < -0.3 is 9.84 Å². The number of fused-ring (bicyclic) bond motifs is 1. The number of carboxylic acid groups (broad SMARTS) is 1. The number of ether oxygens (including phenoxy) is 1. The van der Waals surface area contributed by atoms with Gasteiger partial charge in [-0.15, -0.1) is 0 Å². The van der Waals surface area contributed by atoms with Gasteiger partial charge >= 0.3 is 17.8 Å². The molecule has 1 atom stereocenters. The van der Waals surface area contributed by atoms with Gasteiger partial charge in [0.2, 0.25) is 0 Å². The predicted octanol–water partition coefficient (Wildman–Crippen LogP) is 4.30. The van der Waals surface area contributed by atoms with E-state index >= 15 is 0 Å². The van der Waals surface area contributed by atoms with Crippen molar-refractivity contribution in [2.75, 3.05) is 0 Å². The third-order valence-corrected chi connectivity index (χ3v) is 6.47. The molecule has 0 amide bonds. The van der Waals surface area contributed by atoms with Gasteiger partial charge in [-0.05, 0) is 67.7 Å². The maximum atomic E-state index is 13.2. The lowest BCUT2D eigenvalue weighted by Gasteiger charge is -2.17. The van der Waals surface area contributed by atoms with Crippen molar-refractivity contribution >= 4 is 27.6 Å². The molecule has 12 heteroatoms. The number of alkyl halides is 3. The molecule has 2 aromatic carbocycles. The van der Waals surface area contributed by atoms with Gasteiger partial charge in [0.15, 0.2) is 6.10 Å². The van der Waals surface area contributed by atoms with Crippen molar-refractivity contribution in [2.24, 2.45) is 7.05 Å². The number of halogens is 3. The Morgan fingerprint density at radius 1 is 1.14 bits per heavy atom. The van der Waals surface area contributed by atoms with Crippen molar-refractivity contribution in [2.45, 2.75) is 33.1 Å². The third-order valence-electron chi connectivity index (χ3n) is 5.64. The minimum atomic E-state index is -4.87. The Morgan fingerprint density at radius 2 is 1.83 bits per heavy atom. The number of aromatic nitrogens is 3. The van der Waals surface area contributed by atoms with E-state index in [9.17, 15) is 32.7 Å². The lowest BCUT2D eigenvalue weighted by Crippen LogP contribution is -2.40. The van der Waals surface area contributed by atoms with Gasteiger partial charge in [-0.3, -0.25) is 9.36 Å². The highest BCUT2D eigenvalue weighted by molar-refractivity contribution is 7.13. The van der Waals surface area contributed by atoms with Crippen LogP contribution in [0, 0.1) is 13.8 Å². The summed E-state index contributed by atoms with van der Waals surface area (Å²) in [5.41, 5.74) is -1.08. The molecule has 0 saturated heterocycles. The van der Waals surface area contributed by atoms with E-state index in [1.54, 1.807) is 19.1 Å². The molecule has 0 aliphatic rings. The van der Waals surface area contributed by atoms with E-state index in [0.717, 1.165) is 24.1 Å². The van der Waals surface area contributed by atoms with E-state index in [1.807, 2.05) is 13.0 Å². The molecule has 0 aliphatic heterocycles. The van der Waals surface area contributed by atoms with Gasteiger partial charge in [0.05, 0.1) is 16.1 Å². The first-order valence-corrected chi connectivity index (χ1v) is 11.4. The van der Waals surface area contributed by atoms with E-state index in [1.165, 1.54) is 19.1 Å². The minimum Gasteiger partial charge on any atom is -0.479 e. The molecule has 8 nitrogen and oxygen atoms in total. The van der Waals surface area contributed by atoms with E-state index in [0.29, 0.717) is 47.9 Å². The molecule has 4 rings (SSSR count). The maximum Gasteiger partial charge on any atom is 0.431 e. The van der Waals surface area contributed by atoms with E-state index in [2.05, 4.69) is 4.37 Å². The fourth-order valence-electron chi connectivity index (χ4n) is 3.91. The summed E-state index contributed by atoms with van der Waals surface area (Å²) in [6.45, 7) is 5.02. The Kier molecular flexibility index (Phi) is 6.25. The Labute approximate surface area is 206 Å². The standard InChI is InChI=1S/C24H20F3N3O5S/c1-11-7-12(2)21(35-13(3)22(32)33)16(8-11)20-15-9-14(5-6-17(15)36-28-20)30-19(31)10-18(24(25,26)27)29(4)23(30)34/h5-10,13H,1-4H3,(H,32,33). The number of aryl methyl sites for hydroxylation is 2. The number of hydrogen-bond donors (Lipinski definition) is 1. The summed E-state index contributed by atoms with van der Waals surface area (Å²) < 4.78 is 51.6. The summed E-state index contributed by atoms with van der Waals surface area (Å²) in [5.74, 6) is -0.834. The Balaban J connectivity index is 1.94. The van der Waals surface area contributed by atoms with E-state index < -0.39 is 35.2 Å². The first-order valence-electron chi connectivity index (χ1n) is 10.6. The molecule has 1 N–H and O–H groups in total. The van der Waals surface area contributed by atoms with Crippen LogP contribution in [0.2, 0.25) is 0 Å². The van der Waals surface area contributed by atoms with Crippen molar-refractivity contribution < 1.29 is 27.8 Å². The van der Waals surface area contributed by atoms with Crippen molar-refractivity contribution in [1.82, 2.24) is 13.5 Å². The average molecular weight is 520 g/mol. The molecule has 0 saturated carbocycles. The number of aliphatic carboxylic acids is 1. The van der Waals surface area contributed by atoms with Crippen LogP contribution in [-0.2, 0) is 18.0 Å². The second-order valence-electron chi connectivity index (χ2n) is 8.31. The van der Waals surface area contributed by atoms with Gasteiger partial charge in [-0.1, -0.05) is 6.07 Å². The van der Waals surface area contributed by atoms with Crippen molar-refractivity contribution in [3.63, 3.8) is 0 Å². The molecular weight excluding hydrogens is 499 g/mol. The smallest absolute Gasteiger partial charge is 0.431 e. The number of rotatable bonds is 5. The molecule has 2 heterocycles. The van der Waals surface area contributed by atoms with Crippen LogP contribution in [0.25, 0.3) is 27.0 Å². The monoisotopic (exact) mass is 519 g/mol. The van der Waals surface area contributed by atoms with E-state index in [4.69, 9.17) is 4.74 Å². The van der Waals surface area contributed by atoms with Crippen LogP contribution < -0.4 is 16.0 Å². The summed E-state index contributed by atoms with van der Waals surface area (Å²) >= 11 is 1.13. The van der Waals surface area contributed by atoms with Crippen molar-refractivity contribution in [3.05, 3.63) is 74.1 Å². The highest BCUT2D eigenvalue weighted by atomic mass is 32.1. The lowest BCUT2D eigenvalue weighted by molar-refractivity contribution is -0.144. The largest absolute Gasteiger partial charge is 0.479 e. The normalized spacial score (nSPS) is 12.6. The average Bonchev–Trinajstić information content (AvgIpc) is 3.20. The molecule has 188 valence electrons. The SMILES string of the molecule is Cc1cc(C)c(OC(C)C(=O)O)c(-c2nsc3ccc(-n4c(=O)cc(C(F)(F)F)n(C)c4=O)cc23)c1. The highest BCUT2D eigenvalue weighted by Crippen LogP contribution is 2.40. The fraction of sp³-hybridized carbons (Fsp3) is 0.250. The quantitative estimate of drug-likeness (QED) is 0.422. The number of carboxylic acids is 1. The first kappa shape index (κ1) is 25.2. The molecule has 4 aromatic rings. The number of benzene rings is 2. The topological polar surface area (TPSA) is 103 Å². The van der Waals surface area contributed by atoms with Gasteiger partial charge in [0.25, 0.3) is 5.56 Å². The number of carbonyl (C=O) groups is 1. The summed E-state index contributed by atoms with van der Waals surface area (Å²) in [7, 11) is 0.944. The van der Waals surface area contributed by atoms with Crippen molar-refractivity contribution in [1.29, 1.82) is 0 Å². The van der Waals surface area contributed by atoms with Crippen LogP contribution in [0.15, 0.2) is 46.0 Å². The van der Waals surface area contributed by atoms with Gasteiger partial charge in [-0.25, -0.2) is 14.2 Å². The predicted molar refractivity (Wildman–Crippen MR) is 128 cm³/mol. The first-order chi connectivity index (χ1) is 16.8. The Hall–Kier alpha value is -3.93. The van der Waals surface area contributed by atoms with Crippen LogP contribution >= 0.6 is 11.5 Å². The van der Waals surface area contributed by atoms with Crippen molar-refractivity contribution in [3.8, 4) is 22.7 Å². The maximum absolute atomic E-state index is 13.2. The van der Waals surface area contributed by atoms with Crippen LogP contribution in [0.5, 0.6) is 5.75 Å². The molecule has 0 spiro atoms. The minimum absolute atomic E-state index is 0.0639. The molecule has 2 aromatic heterocycles. The molecule has 1 unspecified atom stereocenters. The zero-order chi connectivity index (χ0) is 26.5. The molecular formula is C24H20F3N3O5S. The zero-order valence-electron chi connectivity index (χ0n) is 19.5. The number of hydrogen-bond acceptors (Lipinski definition) is 6. The molecule has 0 aliphatic carbocycles. The molecule has 0 bridgehead atoms.